The molecular formula is C24H24N8O2. The lowest BCUT2D eigenvalue weighted by molar-refractivity contribution is -0.127. The smallest absolute Gasteiger partial charge is 0.219 e. The van der Waals surface area contributed by atoms with Crippen LogP contribution in [0.4, 0.5) is 5.69 Å². The second-order valence-electron chi connectivity index (χ2n) is 8.76. The summed E-state index contributed by atoms with van der Waals surface area (Å²) in [5.74, 6) is 1.45. The normalized spacial score (nSPS) is 15.7. The van der Waals surface area contributed by atoms with E-state index in [4.69, 9.17) is 9.78 Å². The summed E-state index contributed by atoms with van der Waals surface area (Å²) < 4.78 is 7.35. The number of rotatable bonds is 5. The number of aromatic nitrogens is 5. The van der Waals surface area contributed by atoms with E-state index < -0.39 is 0 Å². The number of fused-ring (bicyclic) bond motifs is 1. The number of pyridine rings is 2. The summed E-state index contributed by atoms with van der Waals surface area (Å²) in [5, 5.41) is 22.1. The third-order valence-corrected chi connectivity index (χ3v) is 5.93. The van der Waals surface area contributed by atoms with E-state index >= 15 is 0 Å². The van der Waals surface area contributed by atoms with Crippen LogP contribution in [0.15, 0.2) is 41.3 Å². The van der Waals surface area contributed by atoms with Crippen LogP contribution in [0, 0.1) is 11.3 Å². The Hall–Kier alpha value is -4.26. The van der Waals surface area contributed by atoms with Crippen molar-refractivity contribution in [2.45, 2.75) is 39.2 Å². The van der Waals surface area contributed by atoms with Crippen LogP contribution in [-0.4, -0.2) is 54.8 Å². The van der Waals surface area contributed by atoms with Crippen molar-refractivity contribution in [1.29, 1.82) is 5.26 Å². The molecule has 5 rings (SSSR count). The van der Waals surface area contributed by atoms with E-state index in [0.29, 0.717) is 29.3 Å². The van der Waals surface area contributed by atoms with Gasteiger partial charge in [0, 0.05) is 61.9 Å². The van der Waals surface area contributed by atoms with E-state index in [1.54, 1.807) is 30.1 Å². The highest BCUT2D eigenvalue weighted by molar-refractivity contribution is 5.79. The van der Waals surface area contributed by atoms with Crippen LogP contribution < -0.4 is 5.32 Å². The van der Waals surface area contributed by atoms with Crippen LogP contribution in [0.25, 0.3) is 28.2 Å². The molecule has 1 aliphatic heterocycles. The van der Waals surface area contributed by atoms with E-state index in [1.165, 1.54) is 6.20 Å². The zero-order valence-corrected chi connectivity index (χ0v) is 19.2. The van der Waals surface area contributed by atoms with Crippen molar-refractivity contribution in [1.82, 2.24) is 29.8 Å². The van der Waals surface area contributed by atoms with Gasteiger partial charge >= 0.3 is 0 Å². The highest BCUT2D eigenvalue weighted by atomic mass is 16.5. The van der Waals surface area contributed by atoms with Crippen molar-refractivity contribution in [3.05, 3.63) is 48.0 Å². The van der Waals surface area contributed by atoms with Crippen molar-refractivity contribution < 1.29 is 9.32 Å². The fraction of sp³-hybridized carbons (Fsp3) is 0.333. The molecule has 4 aromatic heterocycles. The molecule has 0 radical (unpaired) electrons. The largest absolute Gasteiger partial charge is 0.382 e. The number of carbonyl (C=O) groups is 1. The maximum absolute atomic E-state index is 11.7. The minimum absolute atomic E-state index is 0.0823. The van der Waals surface area contributed by atoms with Gasteiger partial charge in [-0.25, -0.2) is 9.97 Å². The maximum Gasteiger partial charge on any atom is 0.219 e. The van der Waals surface area contributed by atoms with Crippen molar-refractivity contribution in [3.63, 3.8) is 0 Å². The minimum Gasteiger partial charge on any atom is -0.382 e. The molecule has 5 heterocycles. The lowest BCUT2D eigenvalue weighted by Crippen LogP contribution is -2.25. The number of nitriles is 1. The fourth-order valence-corrected chi connectivity index (χ4v) is 4.23. The predicted octanol–water partition coefficient (Wildman–Crippen LogP) is 3.50. The first-order chi connectivity index (χ1) is 16.4. The second kappa shape index (κ2) is 8.59. The Balaban J connectivity index is 1.49. The highest BCUT2D eigenvalue weighted by Crippen LogP contribution is 2.34. The van der Waals surface area contributed by atoms with E-state index in [0.717, 1.165) is 35.3 Å². The molecular weight excluding hydrogens is 432 g/mol. The quantitative estimate of drug-likeness (QED) is 0.484. The van der Waals surface area contributed by atoms with Crippen LogP contribution in [0.5, 0.6) is 0 Å². The molecule has 0 bridgehead atoms. The highest BCUT2D eigenvalue weighted by Gasteiger charge is 2.28. The molecule has 0 aliphatic carbocycles. The summed E-state index contributed by atoms with van der Waals surface area (Å²) in [6.45, 7) is 7.09. The topological polar surface area (TPSA) is 126 Å². The number of likely N-dealkylation sites (tertiary alicyclic amines) is 1. The summed E-state index contributed by atoms with van der Waals surface area (Å²) in [5.41, 5.74) is 3.56. The first kappa shape index (κ1) is 21.6. The van der Waals surface area contributed by atoms with Gasteiger partial charge in [-0.05, 0) is 26.3 Å². The molecule has 172 valence electrons. The van der Waals surface area contributed by atoms with E-state index in [2.05, 4.69) is 45.5 Å². The van der Waals surface area contributed by atoms with Gasteiger partial charge in [-0.3, -0.25) is 4.79 Å². The Morgan fingerprint density at radius 1 is 1.24 bits per heavy atom. The molecule has 1 amide bonds. The molecule has 0 saturated carbocycles. The summed E-state index contributed by atoms with van der Waals surface area (Å²) in [6.07, 6.45) is 5.79. The molecule has 1 atom stereocenters. The van der Waals surface area contributed by atoms with E-state index in [1.807, 2.05) is 17.0 Å². The van der Waals surface area contributed by atoms with Crippen molar-refractivity contribution in [2.75, 3.05) is 18.4 Å². The third kappa shape index (κ3) is 3.96. The second-order valence-corrected chi connectivity index (χ2v) is 8.76. The number of nitrogens with zero attached hydrogens (tertiary/aromatic N) is 7. The molecule has 0 aromatic carbocycles. The first-order valence-electron chi connectivity index (χ1n) is 11.2. The number of anilines is 1. The maximum atomic E-state index is 11.7. The van der Waals surface area contributed by atoms with Gasteiger partial charge < -0.3 is 14.7 Å². The van der Waals surface area contributed by atoms with E-state index in [9.17, 15) is 4.79 Å². The monoisotopic (exact) mass is 456 g/mol. The number of hydrogen-bond acceptors (Lipinski definition) is 8. The Bertz CT molecular complexity index is 1410. The lowest BCUT2D eigenvalue weighted by Gasteiger charge is -2.14. The van der Waals surface area contributed by atoms with Gasteiger partial charge in [0.05, 0.1) is 28.7 Å². The third-order valence-electron chi connectivity index (χ3n) is 5.93. The number of nitrogens with one attached hydrogen (secondary N) is 1. The Kier molecular flexibility index (Phi) is 5.45. The Morgan fingerprint density at radius 2 is 2.09 bits per heavy atom. The van der Waals surface area contributed by atoms with Gasteiger partial charge in [-0.15, -0.1) is 0 Å². The molecule has 0 unspecified atom stereocenters. The number of amides is 1. The van der Waals surface area contributed by atoms with Crippen LogP contribution in [0.1, 0.15) is 44.4 Å². The summed E-state index contributed by atoms with van der Waals surface area (Å²) in [6, 6.07) is 7.85. The molecule has 10 heteroatoms. The standard InChI is InChI=1S/C24H24N8O2/c1-14(2)29-21-8-23(32-24-18(11-28-32)6-16(9-25)10-27-24)26-12-19(21)22-7-20(30-34-22)17-4-5-31(13-17)15(3)33/h6-8,10-12,14,17H,4-5,13H2,1-3H3,(H,26,29)/t17-/m0/s1. The molecule has 1 saturated heterocycles. The van der Waals surface area contributed by atoms with E-state index in [-0.39, 0.29) is 17.9 Å². The van der Waals surface area contributed by atoms with Crippen molar-refractivity contribution in [2.24, 2.45) is 0 Å². The SMILES string of the molecule is CC(=O)N1CC[C@H](c2cc(-c3cnc(-n4ncc5cc(C#N)cnc54)cc3NC(C)C)on2)C1. The minimum atomic E-state index is 0.0823. The van der Waals surface area contributed by atoms with Crippen LogP contribution in [0.2, 0.25) is 0 Å². The number of carbonyl (C=O) groups excluding carboxylic acids is 1. The zero-order chi connectivity index (χ0) is 23.8. The Labute approximate surface area is 196 Å². The van der Waals surface area contributed by atoms with Crippen LogP contribution >= 0.6 is 0 Å². The summed E-state index contributed by atoms with van der Waals surface area (Å²) in [7, 11) is 0. The molecule has 0 spiro atoms. The molecule has 34 heavy (non-hydrogen) atoms. The van der Waals surface area contributed by atoms with Crippen molar-refractivity contribution in [3.8, 4) is 23.2 Å². The molecule has 1 aliphatic rings. The molecule has 10 nitrogen and oxygen atoms in total. The zero-order valence-electron chi connectivity index (χ0n) is 19.2. The van der Waals surface area contributed by atoms with Gasteiger partial charge in [0.15, 0.2) is 17.2 Å². The number of hydrogen-bond donors (Lipinski definition) is 1. The van der Waals surface area contributed by atoms with Gasteiger partial charge in [0.1, 0.15) is 6.07 Å². The predicted molar refractivity (Wildman–Crippen MR) is 125 cm³/mol. The molecule has 1 N–H and O–H groups in total. The first-order valence-corrected chi connectivity index (χ1v) is 11.2. The van der Waals surface area contributed by atoms with Gasteiger partial charge in [-0.2, -0.15) is 15.0 Å². The van der Waals surface area contributed by atoms with Crippen molar-refractivity contribution >= 4 is 22.6 Å². The van der Waals surface area contributed by atoms with Gasteiger partial charge in [-0.1, -0.05) is 5.16 Å². The molecule has 1 fully saturated rings. The average molecular weight is 457 g/mol. The fourth-order valence-electron chi connectivity index (χ4n) is 4.23. The van der Waals surface area contributed by atoms with Gasteiger partial charge in [0.2, 0.25) is 5.91 Å². The summed E-state index contributed by atoms with van der Waals surface area (Å²) >= 11 is 0. The Morgan fingerprint density at radius 3 is 2.82 bits per heavy atom. The molecule has 4 aromatic rings. The van der Waals surface area contributed by atoms with Gasteiger partial charge in [0.25, 0.3) is 0 Å². The van der Waals surface area contributed by atoms with Crippen LogP contribution in [0.3, 0.4) is 0 Å². The average Bonchev–Trinajstić information content (AvgIpc) is 3.57. The lowest BCUT2D eigenvalue weighted by atomic mass is 10.0. The van der Waals surface area contributed by atoms with Crippen LogP contribution in [-0.2, 0) is 4.79 Å². The summed E-state index contributed by atoms with van der Waals surface area (Å²) in [4.78, 5) is 22.5.